The van der Waals surface area contributed by atoms with E-state index in [1.54, 1.807) is 14.2 Å². The summed E-state index contributed by atoms with van der Waals surface area (Å²) < 4.78 is 10.7. The van der Waals surface area contributed by atoms with Crippen molar-refractivity contribution in [3.63, 3.8) is 0 Å². The fourth-order valence-corrected chi connectivity index (χ4v) is 2.85. The van der Waals surface area contributed by atoms with Crippen LogP contribution in [0.4, 0.5) is 0 Å². The molecule has 1 aliphatic heterocycles. The van der Waals surface area contributed by atoms with Gasteiger partial charge in [-0.1, -0.05) is 20.8 Å². The number of piperidine rings is 1. The third kappa shape index (κ3) is 7.13. The molecule has 0 radical (unpaired) electrons. The highest BCUT2D eigenvalue weighted by Gasteiger charge is 2.29. The highest BCUT2D eigenvalue weighted by molar-refractivity contribution is 14.0. The number of nitrogens with one attached hydrogen (secondary N) is 1. The summed E-state index contributed by atoms with van der Waals surface area (Å²) in [6, 6.07) is 0. The van der Waals surface area contributed by atoms with Gasteiger partial charge in [-0.05, 0) is 25.2 Å². The fraction of sp³-hybridized carbons (Fsp3) is 0.882. The van der Waals surface area contributed by atoms with Gasteiger partial charge in [-0.3, -0.25) is 9.79 Å². The molecule has 0 spiro atoms. The number of halogens is 1. The molecule has 0 saturated carbocycles. The molecule has 0 aliphatic carbocycles. The normalized spacial score (nSPS) is 17.9. The smallest absolute Gasteiger partial charge is 0.309 e. The number of carbonyl (C=O) groups is 1. The molecular formula is C17H34IN3O3. The Morgan fingerprint density at radius 2 is 1.92 bits per heavy atom. The van der Waals surface area contributed by atoms with Gasteiger partial charge in [-0.2, -0.15) is 0 Å². The highest BCUT2D eigenvalue weighted by atomic mass is 127. The predicted molar refractivity (Wildman–Crippen MR) is 108 cm³/mol. The van der Waals surface area contributed by atoms with Gasteiger partial charge in [0.05, 0.1) is 18.6 Å². The number of esters is 1. The zero-order valence-electron chi connectivity index (χ0n) is 15.9. The number of carbonyl (C=O) groups excluding carboxylic acids is 1. The minimum Gasteiger partial charge on any atom is -0.466 e. The number of hydrogen-bond donors (Lipinski definition) is 1. The fourth-order valence-electron chi connectivity index (χ4n) is 2.85. The minimum absolute atomic E-state index is 0. The van der Waals surface area contributed by atoms with E-state index >= 15 is 0 Å². The van der Waals surface area contributed by atoms with Crippen molar-refractivity contribution in [3.05, 3.63) is 0 Å². The number of guanidine groups is 1. The molecule has 0 amide bonds. The van der Waals surface area contributed by atoms with Gasteiger partial charge in [0.15, 0.2) is 5.96 Å². The van der Waals surface area contributed by atoms with Crippen molar-refractivity contribution in [1.29, 1.82) is 0 Å². The van der Waals surface area contributed by atoms with Crippen LogP contribution in [0.5, 0.6) is 0 Å². The van der Waals surface area contributed by atoms with Crippen molar-refractivity contribution >= 4 is 35.9 Å². The van der Waals surface area contributed by atoms with E-state index < -0.39 is 0 Å². The van der Waals surface area contributed by atoms with E-state index in [2.05, 4.69) is 36.0 Å². The monoisotopic (exact) mass is 455 g/mol. The van der Waals surface area contributed by atoms with Gasteiger partial charge >= 0.3 is 5.97 Å². The van der Waals surface area contributed by atoms with E-state index in [1.165, 1.54) is 0 Å². The van der Waals surface area contributed by atoms with Crippen LogP contribution in [0.1, 0.15) is 40.5 Å². The molecule has 1 atom stereocenters. The van der Waals surface area contributed by atoms with Crippen LogP contribution in [0.3, 0.4) is 0 Å². The Balaban J connectivity index is 0.00000529. The number of rotatable bonds is 5. The van der Waals surface area contributed by atoms with Crippen molar-refractivity contribution in [2.24, 2.45) is 16.3 Å². The molecule has 1 heterocycles. The molecule has 1 saturated heterocycles. The Morgan fingerprint density at radius 1 is 1.33 bits per heavy atom. The zero-order valence-corrected chi connectivity index (χ0v) is 18.3. The van der Waals surface area contributed by atoms with Crippen LogP contribution in [0.2, 0.25) is 0 Å². The van der Waals surface area contributed by atoms with E-state index in [9.17, 15) is 4.79 Å². The highest BCUT2D eigenvalue weighted by Crippen LogP contribution is 2.22. The first-order valence-corrected chi connectivity index (χ1v) is 8.48. The second kappa shape index (κ2) is 11.1. The third-order valence-electron chi connectivity index (χ3n) is 4.32. The predicted octanol–water partition coefficient (Wildman–Crippen LogP) is 2.52. The van der Waals surface area contributed by atoms with Crippen LogP contribution < -0.4 is 5.32 Å². The number of ether oxygens (including phenoxy) is 2. The summed E-state index contributed by atoms with van der Waals surface area (Å²) in [5.41, 5.74) is 0.0670. The summed E-state index contributed by atoms with van der Waals surface area (Å²) in [6.07, 6.45) is 1.73. The first-order chi connectivity index (χ1) is 10.8. The number of nitrogens with zero attached hydrogens (tertiary/aromatic N) is 2. The van der Waals surface area contributed by atoms with E-state index in [4.69, 9.17) is 9.47 Å². The SMILES string of the molecule is CCOC(=O)C1CCN(C(=NC)NCC(OC)C(C)(C)C)CC1.I. The molecule has 1 N–H and O–H groups in total. The first-order valence-electron chi connectivity index (χ1n) is 8.48. The lowest BCUT2D eigenvalue weighted by Gasteiger charge is -2.35. The Hall–Kier alpha value is -0.570. The maximum Gasteiger partial charge on any atom is 0.309 e. The van der Waals surface area contributed by atoms with Crippen molar-refractivity contribution < 1.29 is 14.3 Å². The van der Waals surface area contributed by atoms with Gasteiger partial charge in [0, 0.05) is 33.8 Å². The summed E-state index contributed by atoms with van der Waals surface area (Å²) in [5.74, 6) is 0.825. The Morgan fingerprint density at radius 3 is 2.33 bits per heavy atom. The molecule has 1 rings (SSSR count). The molecule has 1 aliphatic rings. The standard InChI is InChI=1S/C17H33N3O3.HI/c1-7-23-15(21)13-8-10-20(11-9-13)16(18-5)19-12-14(22-6)17(2,3)4;/h13-14H,7-12H2,1-6H3,(H,18,19);1H. The molecule has 7 heteroatoms. The van der Waals surface area contributed by atoms with Gasteiger partial charge in [0.1, 0.15) is 0 Å². The molecule has 0 aromatic heterocycles. The average Bonchev–Trinajstić information content (AvgIpc) is 2.51. The second-order valence-electron chi connectivity index (χ2n) is 7.03. The lowest BCUT2D eigenvalue weighted by atomic mass is 9.89. The van der Waals surface area contributed by atoms with Gasteiger partial charge < -0.3 is 19.7 Å². The Bertz CT molecular complexity index is 402. The molecule has 1 unspecified atom stereocenters. The topological polar surface area (TPSA) is 63.2 Å². The first kappa shape index (κ1) is 23.4. The summed E-state index contributed by atoms with van der Waals surface area (Å²) in [6.45, 7) is 11.1. The maximum atomic E-state index is 11.8. The van der Waals surface area contributed by atoms with E-state index in [0.29, 0.717) is 13.2 Å². The van der Waals surface area contributed by atoms with Gasteiger partial charge in [-0.15, -0.1) is 24.0 Å². The van der Waals surface area contributed by atoms with Crippen LogP contribution in [-0.4, -0.2) is 63.3 Å². The van der Waals surface area contributed by atoms with E-state index in [1.807, 2.05) is 6.92 Å². The number of likely N-dealkylation sites (tertiary alicyclic amines) is 1. The van der Waals surface area contributed by atoms with E-state index in [0.717, 1.165) is 31.9 Å². The summed E-state index contributed by atoms with van der Waals surface area (Å²) in [7, 11) is 3.53. The van der Waals surface area contributed by atoms with Gasteiger partial charge in [-0.25, -0.2) is 0 Å². The van der Waals surface area contributed by atoms with E-state index in [-0.39, 0.29) is 47.4 Å². The lowest BCUT2D eigenvalue weighted by Crippen LogP contribution is -2.50. The maximum absolute atomic E-state index is 11.8. The largest absolute Gasteiger partial charge is 0.466 e. The van der Waals surface area contributed by atoms with Crippen molar-refractivity contribution in [1.82, 2.24) is 10.2 Å². The average molecular weight is 455 g/mol. The molecule has 0 aromatic carbocycles. The van der Waals surface area contributed by atoms with Crippen LogP contribution in [-0.2, 0) is 14.3 Å². The van der Waals surface area contributed by atoms with Crippen molar-refractivity contribution in [3.8, 4) is 0 Å². The number of aliphatic imine (C=N–C) groups is 1. The lowest BCUT2D eigenvalue weighted by molar-refractivity contribution is -0.149. The molecule has 0 bridgehead atoms. The molecule has 142 valence electrons. The van der Waals surface area contributed by atoms with Crippen molar-refractivity contribution in [2.75, 3.05) is 40.4 Å². The van der Waals surface area contributed by atoms with Crippen LogP contribution in [0.25, 0.3) is 0 Å². The van der Waals surface area contributed by atoms with Crippen LogP contribution in [0.15, 0.2) is 4.99 Å². The summed E-state index contributed by atoms with van der Waals surface area (Å²) in [5, 5.41) is 3.40. The molecular weight excluding hydrogens is 421 g/mol. The molecule has 1 fully saturated rings. The van der Waals surface area contributed by atoms with Gasteiger partial charge in [0.2, 0.25) is 0 Å². The molecule has 0 aromatic rings. The van der Waals surface area contributed by atoms with Crippen molar-refractivity contribution in [2.45, 2.75) is 46.6 Å². The third-order valence-corrected chi connectivity index (χ3v) is 4.32. The quantitative estimate of drug-likeness (QED) is 0.299. The zero-order chi connectivity index (χ0) is 17.5. The summed E-state index contributed by atoms with van der Waals surface area (Å²) in [4.78, 5) is 18.4. The molecule has 24 heavy (non-hydrogen) atoms. The van der Waals surface area contributed by atoms with Crippen LogP contribution in [0, 0.1) is 11.3 Å². The number of methoxy groups -OCH3 is 1. The molecule has 6 nitrogen and oxygen atoms in total. The number of hydrogen-bond acceptors (Lipinski definition) is 4. The van der Waals surface area contributed by atoms with Gasteiger partial charge in [0.25, 0.3) is 0 Å². The Kier molecular flexibility index (Phi) is 10.9. The summed E-state index contributed by atoms with van der Waals surface area (Å²) >= 11 is 0. The second-order valence-corrected chi connectivity index (χ2v) is 7.03. The Labute approximate surface area is 163 Å². The van der Waals surface area contributed by atoms with Crippen LogP contribution >= 0.6 is 24.0 Å². The minimum atomic E-state index is -0.0673.